The summed E-state index contributed by atoms with van der Waals surface area (Å²) in [6.45, 7) is 10.4. The van der Waals surface area contributed by atoms with Crippen molar-refractivity contribution in [2.75, 3.05) is 44.3 Å². The Morgan fingerprint density at radius 3 is 2.70 bits per heavy atom. The van der Waals surface area contributed by atoms with Gasteiger partial charge in [-0.3, -0.25) is 14.5 Å². The first kappa shape index (κ1) is 19.8. The minimum atomic E-state index is -0.408. The second-order valence-electron chi connectivity index (χ2n) is 8.02. The van der Waals surface area contributed by atoms with E-state index in [1.54, 1.807) is 4.90 Å². The standard InChI is InChI=1S/C21H30N2O4/c1-15(2)11-22-8-9-26-19(13-22)14-27-21(25)17-10-20(24)23(12-17)18-6-4-16(3)5-7-18/h4-7,15,17,19H,8-14H2,1-3H3. The number of ether oxygens (including phenoxy) is 2. The molecule has 2 aliphatic heterocycles. The van der Waals surface area contributed by atoms with Crippen molar-refractivity contribution in [3.63, 3.8) is 0 Å². The Bertz CT molecular complexity index is 659. The molecule has 6 nitrogen and oxygen atoms in total. The van der Waals surface area contributed by atoms with Gasteiger partial charge >= 0.3 is 5.97 Å². The number of esters is 1. The van der Waals surface area contributed by atoms with Crippen molar-refractivity contribution >= 4 is 17.6 Å². The maximum absolute atomic E-state index is 12.5. The zero-order chi connectivity index (χ0) is 19.4. The summed E-state index contributed by atoms with van der Waals surface area (Å²) in [5.41, 5.74) is 1.97. The summed E-state index contributed by atoms with van der Waals surface area (Å²) in [5.74, 6) is -0.141. The molecule has 148 valence electrons. The van der Waals surface area contributed by atoms with Crippen molar-refractivity contribution in [3.8, 4) is 0 Å². The van der Waals surface area contributed by atoms with Gasteiger partial charge in [0.25, 0.3) is 0 Å². The highest BCUT2D eigenvalue weighted by Gasteiger charge is 2.36. The van der Waals surface area contributed by atoms with Gasteiger partial charge < -0.3 is 14.4 Å². The molecule has 0 bridgehead atoms. The van der Waals surface area contributed by atoms with Crippen molar-refractivity contribution in [3.05, 3.63) is 29.8 Å². The van der Waals surface area contributed by atoms with Gasteiger partial charge in [0, 0.05) is 38.3 Å². The molecule has 0 radical (unpaired) electrons. The number of carbonyl (C=O) groups is 2. The molecule has 0 aromatic heterocycles. The number of benzene rings is 1. The lowest BCUT2D eigenvalue weighted by Crippen LogP contribution is -2.46. The molecule has 0 spiro atoms. The van der Waals surface area contributed by atoms with E-state index in [4.69, 9.17) is 9.47 Å². The van der Waals surface area contributed by atoms with Crippen LogP contribution in [0.2, 0.25) is 0 Å². The van der Waals surface area contributed by atoms with E-state index < -0.39 is 5.92 Å². The SMILES string of the molecule is Cc1ccc(N2CC(C(=O)OCC3CN(CC(C)C)CCO3)CC2=O)cc1. The summed E-state index contributed by atoms with van der Waals surface area (Å²) in [5, 5.41) is 0. The minimum Gasteiger partial charge on any atom is -0.463 e. The topological polar surface area (TPSA) is 59.1 Å². The monoisotopic (exact) mass is 374 g/mol. The van der Waals surface area contributed by atoms with Crippen LogP contribution in [0.4, 0.5) is 5.69 Å². The third kappa shape index (κ3) is 5.30. The van der Waals surface area contributed by atoms with E-state index in [-0.39, 0.29) is 31.0 Å². The van der Waals surface area contributed by atoms with Crippen LogP contribution in [-0.2, 0) is 19.1 Å². The van der Waals surface area contributed by atoms with Gasteiger partial charge in [0.2, 0.25) is 5.91 Å². The summed E-state index contributed by atoms with van der Waals surface area (Å²) in [6, 6.07) is 7.77. The number of carbonyl (C=O) groups excluding carboxylic acids is 2. The average Bonchev–Trinajstić information content (AvgIpc) is 3.02. The van der Waals surface area contributed by atoms with Crippen molar-refractivity contribution in [1.29, 1.82) is 0 Å². The Morgan fingerprint density at radius 2 is 2.00 bits per heavy atom. The summed E-state index contributed by atoms with van der Waals surface area (Å²) >= 11 is 0. The van der Waals surface area contributed by atoms with Crippen molar-refractivity contribution in [2.24, 2.45) is 11.8 Å². The van der Waals surface area contributed by atoms with E-state index in [0.717, 1.165) is 30.9 Å². The first-order chi connectivity index (χ1) is 12.9. The Morgan fingerprint density at radius 1 is 1.26 bits per heavy atom. The van der Waals surface area contributed by atoms with Crippen molar-refractivity contribution < 1.29 is 19.1 Å². The Kier molecular flexibility index (Phi) is 6.50. The fourth-order valence-electron chi connectivity index (χ4n) is 3.70. The Labute approximate surface area is 161 Å². The second kappa shape index (κ2) is 8.85. The number of anilines is 1. The van der Waals surface area contributed by atoms with Gasteiger partial charge in [-0.25, -0.2) is 0 Å². The third-order valence-electron chi connectivity index (χ3n) is 5.06. The van der Waals surface area contributed by atoms with E-state index >= 15 is 0 Å². The molecule has 2 saturated heterocycles. The molecule has 1 amide bonds. The van der Waals surface area contributed by atoms with Crippen LogP contribution in [0, 0.1) is 18.8 Å². The number of hydrogen-bond acceptors (Lipinski definition) is 5. The zero-order valence-electron chi connectivity index (χ0n) is 16.5. The molecule has 2 unspecified atom stereocenters. The van der Waals surface area contributed by atoms with Crippen LogP contribution in [0.5, 0.6) is 0 Å². The fraction of sp³-hybridized carbons (Fsp3) is 0.619. The smallest absolute Gasteiger partial charge is 0.311 e. The third-order valence-corrected chi connectivity index (χ3v) is 5.06. The van der Waals surface area contributed by atoms with Gasteiger partial charge in [-0.15, -0.1) is 0 Å². The molecule has 3 rings (SSSR count). The Hall–Kier alpha value is -1.92. The van der Waals surface area contributed by atoms with E-state index in [9.17, 15) is 9.59 Å². The first-order valence-corrected chi connectivity index (χ1v) is 9.80. The quantitative estimate of drug-likeness (QED) is 0.715. The van der Waals surface area contributed by atoms with E-state index in [1.807, 2.05) is 31.2 Å². The van der Waals surface area contributed by atoms with Crippen LogP contribution < -0.4 is 4.90 Å². The normalized spacial score (nSPS) is 23.9. The number of amides is 1. The molecule has 2 atom stereocenters. The van der Waals surface area contributed by atoms with Crippen LogP contribution in [-0.4, -0.2) is 62.3 Å². The summed E-state index contributed by atoms with van der Waals surface area (Å²) in [7, 11) is 0. The summed E-state index contributed by atoms with van der Waals surface area (Å²) in [6.07, 6.45) is 0.115. The molecule has 1 aromatic rings. The second-order valence-corrected chi connectivity index (χ2v) is 8.02. The highest BCUT2D eigenvalue weighted by molar-refractivity contribution is 5.99. The molecule has 0 N–H and O–H groups in total. The van der Waals surface area contributed by atoms with Gasteiger partial charge in [-0.05, 0) is 25.0 Å². The highest BCUT2D eigenvalue weighted by atomic mass is 16.6. The van der Waals surface area contributed by atoms with Crippen LogP contribution in [0.1, 0.15) is 25.8 Å². The van der Waals surface area contributed by atoms with Crippen LogP contribution in [0.15, 0.2) is 24.3 Å². The van der Waals surface area contributed by atoms with E-state index in [1.165, 1.54) is 0 Å². The van der Waals surface area contributed by atoms with E-state index in [2.05, 4.69) is 18.7 Å². The molecule has 1 aromatic carbocycles. The van der Waals surface area contributed by atoms with E-state index in [0.29, 0.717) is 19.1 Å². The van der Waals surface area contributed by atoms with Crippen LogP contribution in [0.3, 0.4) is 0 Å². The largest absolute Gasteiger partial charge is 0.463 e. The van der Waals surface area contributed by atoms with Crippen LogP contribution >= 0.6 is 0 Å². The van der Waals surface area contributed by atoms with Crippen molar-refractivity contribution in [1.82, 2.24) is 4.90 Å². The molecular weight excluding hydrogens is 344 g/mol. The van der Waals surface area contributed by atoms with Gasteiger partial charge in [0.15, 0.2) is 0 Å². The van der Waals surface area contributed by atoms with Gasteiger partial charge in [0.05, 0.1) is 12.5 Å². The lowest BCUT2D eigenvalue weighted by molar-refractivity contribution is -0.155. The number of nitrogens with zero attached hydrogens (tertiary/aromatic N) is 2. The molecule has 27 heavy (non-hydrogen) atoms. The minimum absolute atomic E-state index is 0.0298. The molecule has 0 aliphatic carbocycles. The van der Waals surface area contributed by atoms with Gasteiger partial charge in [-0.1, -0.05) is 31.5 Å². The molecule has 6 heteroatoms. The summed E-state index contributed by atoms with van der Waals surface area (Å²) < 4.78 is 11.2. The van der Waals surface area contributed by atoms with Gasteiger partial charge in [-0.2, -0.15) is 0 Å². The maximum atomic E-state index is 12.5. The highest BCUT2D eigenvalue weighted by Crippen LogP contribution is 2.26. The maximum Gasteiger partial charge on any atom is 0.311 e. The lowest BCUT2D eigenvalue weighted by atomic mass is 10.1. The number of rotatable bonds is 6. The van der Waals surface area contributed by atoms with Crippen LogP contribution in [0.25, 0.3) is 0 Å². The fourth-order valence-corrected chi connectivity index (χ4v) is 3.70. The van der Waals surface area contributed by atoms with Gasteiger partial charge in [0.1, 0.15) is 12.7 Å². The molecule has 0 saturated carbocycles. The molecule has 2 aliphatic rings. The average molecular weight is 374 g/mol. The first-order valence-electron chi connectivity index (χ1n) is 9.80. The number of morpholine rings is 1. The predicted molar refractivity (Wildman–Crippen MR) is 104 cm³/mol. The zero-order valence-corrected chi connectivity index (χ0v) is 16.5. The molecule has 2 fully saturated rings. The Balaban J connectivity index is 1.48. The lowest BCUT2D eigenvalue weighted by Gasteiger charge is -2.33. The van der Waals surface area contributed by atoms with Crippen molar-refractivity contribution in [2.45, 2.75) is 33.3 Å². The molecule has 2 heterocycles. The number of aryl methyl sites for hydroxylation is 1. The number of hydrogen-bond donors (Lipinski definition) is 0. The molecular formula is C21H30N2O4. The predicted octanol–water partition coefficient (Wildman–Crippen LogP) is 2.25. The summed E-state index contributed by atoms with van der Waals surface area (Å²) in [4.78, 5) is 28.8.